The van der Waals surface area contributed by atoms with Crippen LogP contribution in [0.15, 0.2) is 0 Å². The van der Waals surface area contributed by atoms with E-state index >= 15 is 0 Å². The van der Waals surface area contributed by atoms with Crippen LogP contribution < -0.4 is 4.72 Å². The van der Waals surface area contributed by atoms with Crippen LogP contribution in [0.5, 0.6) is 0 Å². The van der Waals surface area contributed by atoms with Gasteiger partial charge in [0.15, 0.2) is 0 Å². The number of rotatable bonds is 7. The first-order chi connectivity index (χ1) is 8.23. The molecule has 1 rings (SSSR count). The summed E-state index contributed by atoms with van der Waals surface area (Å²) < 4.78 is 26.1. The lowest BCUT2D eigenvalue weighted by molar-refractivity contribution is 0.0190. The van der Waals surface area contributed by atoms with Gasteiger partial charge in [0.05, 0.1) is 11.4 Å². The fraction of sp³-hybridized carbons (Fsp3) is 1.00. The predicted molar refractivity (Wildman–Crippen MR) is 72.9 cm³/mol. The minimum Gasteiger partial charge on any atom is -0.389 e. The smallest absolute Gasteiger partial charge is 0.212 e. The van der Waals surface area contributed by atoms with Crippen LogP contribution in [-0.4, -0.2) is 56.0 Å². The molecule has 18 heavy (non-hydrogen) atoms. The fourth-order valence-electron chi connectivity index (χ4n) is 1.79. The lowest BCUT2D eigenvalue weighted by Gasteiger charge is -2.27. The summed E-state index contributed by atoms with van der Waals surface area (Å²) in [4.78, 5) is 2.17. The highest BCUT2D eigenvalue weighted by Crippen LogP contribution is 2.15. The molecule has 1 saturated heterocycles. The Morgan fingerprint density at radius 2 is 1.89 bits per heavy atom. The Morgan fingerprint density at radius 1 is 1.33 bits per heavy atom. The average Bonchev–Trinajstić information content (AvgIpc) is 2.77. The zero-order chi connectivity index (χ0) is 13.8. The first kappa shape index (κ1) is 15.9. The molecule has 1 aliphatic rings. The van der Waals surface area contributed by atoms with Crippen molar-refractivity contribution in [2.75, 3.05) is 31.9 Å². The first-order valence-corrected chi connectivity index (χ1v) is 8.30. The summed E-state index contributed by atoms with van der Waals surface area (Å²) in [5.74, 6) is 0.125. The summed E-state index contributed by atoms with van der Waals surface area (Å²) in [7, 11) is -3.29. The van der Waals surface area contributed by atoms with E-state index in [2.05, 4.69) is 9.62 Å². The summed E-state index contributed by atoms with van der Waals surface area (Å²) >= 11 is 0. The third-order valence-electron chi connectivity index (χ3n) is 3.77. The van der Waals surface area contributed by atoms with E-state index in [1.54, 1.807) is 6.92 Å². The van der Waals surface area contributed by atoms with Crippen LogP contribution in [0.1, 0.15) is 33.6 Å². The van der Waals surface area contributed by atoms with E-state index in [9.17, 15) is 13.5 Å². The van der Waals surface area contributed by atoms with Gasteiger partial charge in [-0.3, -0.25) is 0 Å². The van der Waals surface area contributed by atoms with Crippen molar-refractivity contribution in [1.82, 2.24) is 9.62 Å². The summed E-state index contributed by atoms with van der Waals surface area (Å²) in [6.45, 7) is 8.06. The van der Waals surface area contributed by atoms with Crippen LogP contribution in [0.25, 0.3) is 0 Å². The molecule has 6 heteroatoms. The van der Waals surface area contributed by atoms with Gasteiger partial charge in [0.25, 0.3) is 0 Å². The zero-order valence-corrected chi connectivity index (χ0v) is 12.5. The number of nitrogens with one attached hydrogen (secondary N) is 1. The van der Waals surface area contributed by atoms with Crippen molar-refractivity contribution < 1.29 is 13.5 Å². The molecule has 2 N–H and O–H groups in total. The number of nitrogens with zero attached hydrogens (tertiary/aromatic N) is 1. The molecule has 1 atom stereocenters. The Bertz CT molecular complexity index is 346. The van der Waals surface area contributed by atoms with Gasteiger partial charge < -0.3 is 10.0 Å². The number of sulfonamides is 1. The molecule has 1 heterocycles. The number of hydrogen-bond acceptors (Lipinski definition) is 4. The molecule has 0 amide bonds. The van der Waals surface area contributed by atoms with E-state index in [0.717, 1.165) is 25.9 Å². The van der Waals surface area contributed by atoms with Crippen molar-refractivity contribution in [3.63, 3.8) is 0 Å². The van der Waals surface area contributed by atoms with E-state index in [4.69, 9.17) is 0 Å². The molecule has 5 nitrogen and oxygen atoms in total. The van der Waals surface area contributed by atoms with Gasteiger partial charge in [0.2, 0.25) is 10.0 Å². The molecule has 1 unspecified atom stereocenters. The van der Waals surface area contributed by atoms with Gasteiger partial charge in [0.1, 0.15) is 0 Å². The zero-order valence-electron chi connectivity index (χ0n) is 11.6. The second-order valence-electron chi connectivity index (χ2n) is 5.70. The third-order valence-corrected chi connectivity index (χ3v) is 5.07. The van der Waals surface area contributed by atoms with Gasteiger partial charge in [-0.15, -0.1) is 0 Å². The monoisotopic (exact) mass is 278 g/mol. The lowest BCUT2D eigenvalue weighted by atomic mass is 9.93. The molecule has 108 valence electrons. The van der Waals surface area contributed by atoms with Gasteiger partial charge >= 0.3 is 0 Å². The fourth-order valence-corrected chi connectivity index (χ4v) is 2.94. The summed E-state index contributed by atoms with van der Waals surface area (Å²) in [6, 6.07) is 0. The predicted octanol–water partition coefficient (Wildman–Crippen LogP) is 0.409. The molecule has 0 aromatic carbocycles. The van der Waals surface area contributed by atoms with E-state index in [1.165, 1.54) is 0 Å². The van der Waals surface area contributed by atoms with Crippen LogP contribution in [-0.2, 0) is 10.0 Å². The maximum Gasteiger partial charge on any atom is 0.212 e. The molecule has 0 aromatic heterocycles. The summed E-state index contributed by atoms with van der Waals surface area (Å²) in [5, 5.41) is 10.00. The SMILES string of the molecule is CC(C)C(C)(O)CNS(=O)(=O)CCN1CCCC1. The number of hydrogen-bond donors (Lipinski definition) is 2. The summed E-state index contributed by atoms with van der Waals surface area (Å²) in [6.07, 6.45) is 2.32. The van der Waals surface area contributed by atoms with E-state index < -0.39 is 15.6 Å². The third kappa shape index (κ3) is 5.22. The van der Waals surface area contributed by atoms with Gasteiger partial charge in [-0.2, -0.15) is 0 Å². The standard InChI is InChI=1S/C12H26N2O3S/c1-11(2)12(3,15)10-13-18(16,17)9-8-14-6-4-5-7-14/h11,13,15H,4-10H2,1-3H3. The van der Waals surface area contributed by atoms with Crippen LogP contribution in [0, 0.1) is 5.92 Å². The van der Waals surface area contributed by atoms with Crippen LogP contribution in [0.3, 0.4) is 0 Å². The highest BCUT2D eigenvalue weighted by molar-refractivity contribution is 7.89. The molecule has 0 saturated carbocycles. The molecular weight excluding hydrogens is 252 g/mol. The molecular formula is C12H26N2O3S. The Balaban J connectivity index is 2.35. The van der Waals surface area contributed by atoms with Crippen LogP contribution in [0.2, 0.25) is 0 Å². The maximum atomic E-state index is 11.8. The molecule has 0 bridgehead atoms. The van der Waals surface area contributed by atoms with Crippen molar-refractivity contribution >= 4 is 10.0 Å². The molecule has 0 aliphatic carbocycles. The maximum absolute atomic E-state index is 11.8. The van der Waals surface area contributed by atoms with Gasteiger partial charge in [-0.05, 0) is 38.8 Å². The Hall–Kier alpha value is -0.170. The Morgan fingerprint density at radius 3 is 2.39 bits per heavy atom. The highest BCUT2D eigenvalue weighted by atomic mass is 32.2. The number of aliphatic hydroxyl groups is 1. The largest absolute Gasteiger partial charge is 0.389 e. The van der Waals surface area contributed by atoms with Crippen molar-refractivity contribution in [1.29, 1.82) is 0 Å². The molecule has 1 fully saturated rings. The lowest BCUT2D eigenvalue weighted by Crippen LogP contribution is -2.45. The highest BCUT2D eigenvalue weighted by Gasteiger charge is 2.27. The van der Waals surface area contributed by atoms with E-state index in [-0.39, 0.29) is 18.2 Å². The van der Waals surface area contributed by atoms with Crippen molar-refractivity contribution in [2.45, 2.75) is 39.2 Å². The van der Waals surface area contributed by atoms with Crippen LogP contribution >= 0.6 is 0 Å². The average molecular weight is 278 g/mol. The first-order valence-electron chi connectivity index (χ1n) is 6.65. The molecule has 1 aliphatic heterocycles. The minimum absolute atomic E-state index is 0.0128. The summed E-state index contributed by atoms with van der Waals surface area (Å²) in [5.41, 5.74) is -0.999. The van der Waals surface area contributed by atoms with Gasteiger partial charge in [-0.1, -0.05) is 13.8 Å². The van der Waals surface area contributed by atoms with Crippen molar-refractivity contribution in [3.05, 3.63) is 0 Å². The van der Waals surface area contributed by atoms with Gasteiger partial charge in [0, 0.05) is 13.1 Å². The minimum atomic E-state index is -3.29. The normalized spacial score (nSPS) is 21.4. The number of likely N-dealkylation sites (tertiary alicyclic amines) is 1. The Labute approximate surface area is 111 Å². The van der Waals surface area contributed by atoms with E-state index in [1.807, 2.05) is 13.8 Å². The van der Waals surface area contributed by atoms with Crippen molar-refractivity contribution in [2.24, 2.45) is 5.92 Å². The molecule has 0 aromatic rings. The van der Waals surface area contributed by atoms with Crippen molar-refractivity contribution in [3.8, 4) is 0 Å². The second kappa shape index (κ2) is 6.32. The van der Waals surface area contributed by atoms with Crippen LogP contribution in [0.4, 0.5) is 0 Å². The second-order valence-corrected chi connectivity index (χ2v) is 7.63. The molecule has 0 radical (unpaired) electrons. The van der Waals surface area contributed by atoms with Gasteiger partial charge in [-0.25, -0.2) is 13.1 Å². The van der Waals surface area contributed by atoms with E-state index in [0.29, 0.717) is 6.54 Å². The quantitative estimate of drug-likeness (QED) is 0.707. The molecule has 0 spiro atoms. The topological polar surface area (TPSA) is 69.6 Å². The Kier molecular flexibility index (Phi) is 5.58.